The molecule has 2 aliphatic heterocycles. The van der Waals surface area contributed by atoms with Gasteiger partial charge in [-0.3, -0.25) is 0 Å². The summed E-state index contributed by atoms with van der Waals surface area (Å²) < 4.78 is 27.5. The number of rotatable bonds is 6. The fourth-order valence-electron chi connectivity index (χ4n) is 1.48. The normalized spacial score (nSPS) is 23.6. The van der Waals surface area contributed by atoms with Gasteiger partial charge in [-0.15, -0.1) is 0 Å². The number of hydrogen-bond donors (Lipinski definition) is 0. The Morgan fingerprint density at radius 2 is 1.33 bits per heavy atom. The molecule has 0 saturated carbocycles. The summed E-state index contributed by atoms with van der Waals surface area (Å²) in [6.07, 6.45) is -3.72. The van der Waals surface area contributed by atoms with Gasteiger partial charge in [0.1, 0.15) is 13.2 Å². The fourth-order valence-corrected chi connectivity index (χ4v) is 1.48. The van der Waals surface area contributed by atoms with E-state index in [1.165, 1.54) is 0 Å². The lowest BCUT2D eigenvalue weighted by Gasteiger charge is -2.09. The molecule has 0 aromatic heterocycles. The number of hydrogen-bond acceptors (Lipinski definition) is 10. The Bertz CT molecular complexity index is 404. The van der Waals surface area contributed by atoms with E-state index in [2.05, 4.69) is 18.9 Å². The molecule has 10 nitrogen and oxygen atoms in total. The smallest absolute Gasteiger partial charge is 0.463 e. The first-order valence-electron chi connectivity index (χ1n) is 6.06. The first-order valence-corrected chi connectivity index (χ1v) is 6.06. The van der Waals surface area contributed by atoms with Crippen LogP contribution in [0.2, 0.25) is 0 Å². The Morgan fingerprint density at radius 1 is 0.905 bits per heavy atom. The minimum absolute atomic E-state index is 0.0267. The van der Waals surface area contributed by atoms with Gasteiger partial charge < -0.3 is 28.4 Å². The van der Waals surface area contributed by atoms with Gasteiger partial charge >= 0.3 is 24.2 Å². The second kappa shape index (κ2) is 6.77. The van der Waals surface area contributed by atoms with Crippen LogP contribution in [0.4, 0.5) is 9.59 Å². The van der Waals surface area contributed by atoms with Gasteiger partial charge in [-0.25, -0.2) is 19.2 Å². The zero-order valence-corrected chi connectivity index (χ0v) is 10.8. The van der Waals surface area contributed by atoms with Crippen molar-refractivity contribution < 1.29 is 47.6 Å². The largest absolute Gasteiger partial charge is 0.509 e. The van der Waals surface area contributed by atoms with Crippen LogP contribution in [0.25, 0.3) is 0 Å². The van der Waals surface area contributed by atoms with Crippen molar-refractivity contribution in [1.29, 1.82) is 0 Å². The number of ether oxygens (including phenoxy) is 6. The van der Waals surface area contributed by atoms with Crippen LogP contribution in [0, 0.1) is 0 Å². The van der Waals surface area contributed by atoms with Crippen LogP contribution in [0.5, 0.6) is 0 Å². The van der Waals surface area contributed by atoms with Crippen LogP contribution < -0.4 is 0 Å². The number of carbonyl (C=O) groups is 4. The number of cyclic esters (lactones) is 4. The summed E-state index contributed by atoms with van der Waals surface area (Å²) in [7, 11) is 0. The zero-order valence-electron chi connectivity index (χ0n) is 10.8. The molecule has 116 valence electrons. The van der Waals surface area contributed by atoms with E-state index in [1.807, 2.05) is 0 Å². The minimum Gasteiger partial charge on any atom is -0.463 e. The number of esters is 2. The average Bonchev–Trinajstić information content (AvgIpc) is 3.06. The highest BCUT2D eigenvalue weighted by Crippen LogP contribution is 2.09. The summed E-state index contributed by atoms with van der Waals surface area (Å²) >= 11 is 0. The predicted octanol–water partition coefficient (Wildman–Crippen LogP) is -0.466. The Hall–Kier alpha value is -2.52. The van der Waals surface area contributed by atoms with Crippen molar-refractivity contribution >= 4 is 24.2 Å². The Labute approximate surface area is 118 Å². The van der Waals surface area contributed by atoms with Crippen molar-refractivity contribution in [2.45, 2.75) is 18.6 Å². The lowest BCUT2D eigenvalue weighted by Crippen LogP contribution is -2.27. The molecule has 2 atom stereocenters. The molecule has 0 spiro atoms. The van der Waals surface area contributed by atoms with Gasteiger partial charge in [-0.1, -0.05) is 0 Å². The minimum atomic E-state index is -1.06. The predicted molar refractivity (Wildman–Crippen MR) is 59.0 cm³/mol. The molecule has 0 amide bonds. The van der Waals surface area contributed by atoms with E-state index in [0.717, 1.165) is 0 Å². The Balaban J connectivity index is 1.53. The molecule has 21 heavy (non-hydrogen) atoms. The van der Waals surface area contributed by atoms with Crippen LogP contribution in [-0.2, 0) is 38.0 Å². The van der Waals surface area contributed by atoms with E-state index < -0.39 is 36.5 Å². The first-order chi connectivity index (χ1) is 10.1. The maximum atomic E-state index is 11.4. The van der Waals surface area contributed by atoms with E-state index in [0.29, 0.717) is 0 Å². The average molecular weight is 304 g/mol. The molecular weight excluding hydrogens is 292 g/mol. The second-order valence-corrected chi connectivity index (χ2v) is 4.02. The summed E-state index contributed by atoms with van der Waals surface area (Å²) in [5.41, 5.74) is 0. The van der Waals surface area contributed by atoms with E-state index >= 15 is 0 Å². The zero-order chi connectivity index (χ0) is 15.2. The SMILES string of the molecule is O=C1OCC(C(=O)OCCCOC(=O)C2COC(=O)O2)O1. The number of carbonyl (C=O) groups excluding carboxylic acids is 4. The molecule has 2 aliphatic rings. The molecule has 2 fully saturated rings. The maximum Gasteiger partial charge on any atom is 0.509 e. The first kappa shape index (κ1) is 14.9. The van der Waals surface area contributed by atoms with E-state index in [9.17, 15) is 19.2 Å². The summed E-state index contributed by atoms with van der Waals surface area (Å²) in [5, 5.41) is 0. The van der Waals surface area contributed by atoms with Crippen LogP contribution in [-0.4, -0.2) is 62.9 Å². The molecule has 0 aromatic rings. The lowest BCUT2D eigenvalue weighted by atomic mass is 10.4. The van der Waals surface area contributed by atoms with E-state index in [1.54, 1.807) is 0 Å². The van der Waals surface area contributed by atoms with Crippen molar-refractivity contribution in [3.63, 3.8) is 0 Å². The summed E-state index contributed by atoms with van der Waals surface area (Å²) in [5.74, 6) is -1.46. The van der Waals surface area contributed by atoms with Crippen LogP contribution in [0.15, 0.2) is 0 Å². The summed E-state index contributed by atoms with van der Waals surface area (Å²) in [6, 6.07) is 0. The third kappa shape index (κ3) is 4.23. The standard InChI is InChI=1S/C11H12O10/c12-8(6-4-18-10(14)20-6)16-2-1-3-17-9(13)7-5-19-11(15)21-7/h6-7H,1-5H2. The molecule has 0 radical (unpaired) electrons. The van der Waals surface area contributed by atoms with E-state index in [4.69, 9.17) is 9.47 Å². The molecule has 0 aromatic carbocycles. The van der Waals surface area contributed by atoms with Gasteiger partial charge in [0.15, 0.2) is 0 Å². The highest BCUT2D eigenvalue weighted by atomic mass is 16.8. The van der Waals surface area contributed by atoms with Crippen molar-refractivity contribution in [3.05, 3.63) is 0 Å². The monoisotopic (exact) mass is 304 g/mol. The van der Waals surface area contributed by atoms with Gasteiger partial charge in [0.2, 0.25) is 12.2 Å². The lowest BCUT2D eigenvalue weighted by molar-refractivity contribution is -0.154. The Morgan fingerprint density at radius 3 is 1.67 bits per heavy atom. The molecule has 2 rings (SSSR count). The van der Waals surface area contributed by atoms with Crippen molar-refractivity contribution in [1.82, 2.24) is 0 Å². The molecule has 10 heteroatoms. The topological polar surface area (TPSA) is 124 Å². The van der Waals surface area contributed by atoms with Gasteiger partial charge in [0, 0.05) is 6.42 Å². The fraction of sp³-hybridized carbons (Fsp3) is 0.636. The maximum absolute atomic E-state index is 11.4. The Kier molecular flexibility index (Phi) is 4.80. The summed E-state index contributed by atoms with van der Waals surface area (Å²) in [4.78, 5) is 43.9. The molecule has 2 unspecified atom stereocenters. The third-order valence-electron chi connectivity index (χ3n) is 2.49. The molecule has 2 heterocycles. The van der Waals surface area contributed by atoms with Gasteiger partial charge in [0.05, 0.1) is 13.2 Å². The van der Waals surface area contributed by atoms with Crippen LogP contribution in [0.3, 0.4) is 0 Å². The quantitative estimate of drug-likeness (QED) is 0.361. The molecular formula is C11H12O10. The van der Waals surface area contributed by atoms with Gasteiger partial charge in [-0.2, -0.15) is 0 Å². The molecule has 2 saturated heterocycles. The molecule has 0 N–H and O–H groups in total. The van der Waals surface area contributed by atoms with Crippen LogP contribution in [0.1, 0.15) is 6.42 Å². The van der Waals surface area contributed by atoms with Crippen LogP contribution >= 0.6 is 0 Å². The van der Waals surface area contributed by atoms with Crippen molar-refractivity contribution in [2.24, 2.45) is 0 Å². The van der Waals surface area contributed by atoms with Crippen molar-refractivity contribution in [2.75, 3.05) is 26.4 Å². The third-order valence-corrected chi connectivity index (χ3v) is 2.49. The molecule has 0 bridgehead atoms. The highest BCUT2D eigenvalue weighted by Gasteiger charge is 2.34. The highest BCUT2D eigenvalue weighted by molar-refractivity contribution is 5.80. The van der Waals surface area contributed by atoms with Gasteiger partial charge in [-0.05, 0) is 0 Å². The van der Waals surface area contributed by atoms with Crippen molar-refractivity contribution in [3.8, 4) is 0 Å². The van der Waals surface area contributed by atoms with E-state index in [-0.39, 0.29) is 32.8 Å². The van der Waals surface area contributed by atoms with Gasteiger partial charge in [0.25, 0.3) is 0 Å². The molecule has 0 aliphatic carbocycles. The second-order valence-electron chi connectivity index (χ2n) is 4.02. The summed E-state index contributed by atoms with van der Waals surface area (Å²) in [6.45, 7) is -0.415.